The molecule has 0 radical (unpaired) electrons. The molecule has 4 aromatic rings. The second-order valence-electron chi connectivity index (χ2n) is 8.44. The summed E-state index contributed by atoms with van der Waals surface area (Å²) in [5.41, 5.74) is 5.40. The molecular weight excluding hydrogens is 448 g/mol. The fourth-order valence-electron chi connectivity index (χ4n) is 3.89. The van der Waals surface area contributed by atoms with Crippen molar-refractivity contribution in [1.82, 2.24) is 19.7 Å². The molecule has 0 saturated heterocycles. The van der Waals surface area contributed by atoms with Gasteiger partial charge < -0.3 is 14.4 Å². The van der Waals surface area contributed by atoms with E-state index < -0.39 is 0 Å². The summed E-state index contributed by atoms with van der Waals surface area (Å²) in [4.78, 5) is 4.23. The number of ether oxygens (including phenoxy) is 1. The zero-order valence-corrected chi connectivity index (χ0v) is 21.9. The summed E-state index contributed by atoms with van der Waals surface area (Å²) in [6, 6.07) is 12.2. The molecule has 0 aliphatic heterocycles. The third-order valence-electron chi connectivity index (χ3n) is 6.02. The van der Waals surface area contributed by atoms with Crippen LogP contribution < -0.4 is 4.74 Å². The summed E-state index contributed by atoms with van der Waals surface area (Å²) in [6.45, 7) is 11.4. The van der Waals surface area contributed by atoms with Crippen LogP contribution in [-0.2, 0) is 7.05 Å². The molecule has 1 aliphatic carbocycles. The molecule has 0 unspecified atom stereocenters. The first kappa shape index (κ1) is 26.7. The van der Waals surface area contributed by atoms with Gasteiger partial charge in [-0.3, -0.25) is 4.98 Å². The Bertz CT molecular complexity index is 1360. The molecule has 6 nitrogen and oxygen atoms in total. The Labute approximate surface area is 213 Å². The van der Waals surface area contributed by atoms with Gasteiger partial charge in [0.15, 0.2) is 0 Å². The molecular formula is C30H36N4O2. The summed E-state index contributed by atoms with van der Waals surface area (Å²) in [5.74, 6) is 0.710. The average Bonchev–Trinajstić information content (AvgIpc) is 3.16. The maximum Gasteiger partial charge on any atom is 0.233 e. The lowest BCUT2D eigenvalue weighted by Gasteiger charge is -2.25. The standard InChI is InChI=1S/C19H18N2O.C9H12N2O.C2H6/c1-4-14(6-5-13(2)22)15-7-8-16-17-12-20-10-9-18(17)21(3)19(16)11-15;1-7-5-6-9(11-10-7)12-8-3-2-4-8;1-2/h4-12,22H,2H2,1,3H3;5-6,8H,2-4H2,1H3;1-2H3/b6-5-,14-4+;;. The van der Waals surface area contributed by atoms with Crippen LogP contribution in [0.2, 0.25) is 0 Å². The SMILES string of the molecule is C=C(O)/C=C\C(=C/C)c1ccc2c3cnccc3n(C)c2c1.CC.Cc1ccc(OC2CCC2)nn1. The molecule has 6 heteroatoms. The van der Waals surface area contributed by atoms with Crippen molar-refractivity contribution in [3.63, 3.8) is 0 Å². The van der Waals surface area contributed by atoms with Crippen LogP contribution in [-0.4, -0.2) is 31.0 Å². The van der Waals surface area contributed by atoms with Gasteiger partial charge in [-0.15, -0.1) is 5.10 Å². The quantitative estimate of drug-likeness (QED) is 0.234. The minimum atomic E-state index is 0.0520. The molecule has 0 bridgehead atoms. The maximum absolute atomic E-state index is 9.24. The van der Waals surface area contributed by atoms with Crippen molar-refractivity contribution in [2.45, 2.75) is 53.1 Å². The lowest BCUT2D eigenvalue weighted by Crippen LogP contribution is -2.25. The van der Waals surface area contributed by atoms with Crippen LogP contribution in [0, 0.1) is 6.92 Å². The zero-order chi connectivity index (χ0) is 26.1. The number of fused-ring (bicyclic) bond motifs is 3. The summed E-state index contributed by atoms with van der Waals surface area (Å²) in [6.07, 6.45) is 13.2. The van der Waals surface area contributed by atoms with E-state index in [1.807, 2.05) is 70.4 Å². The number of rotatable bonds is 5. The van der Waals surface area contributed by atoms with Gasteiger partial charge in [-0.2, -0.15) is 5.10 Å². The molecule has 1 N–H and O–H groups in total. The molecule has 0 spiro atoms. The lowest BCUT2D eigenvalue weighted by molar-refractivity contribution is 0.113. The van der Waals surface area contributed by atoms with E-state index in [9.17, 15) is 5.11 Å². The van der Waals surface area contributed by atoms with Crippen molar-refractivity contribution in [3.8, 4) is 5.88 Å². The number of aromatic nitrogens is 4. The average molecular weight is 485 g/mol. The van der Waals surface area contributed by atoms with E-state index in [0.29, 0.717) is 12.0 Å². The van der Waals surface area contributed by atoms with Gasteiger partial charge in [0.1, 0.15) is 11.9 Å². The van der Waals surface area contributed by atoms with Gasteiger partial charge in [-0.25, -0.2) is 0 Å². The van der Waals surface area contributed by atoms with Gasteiger partial charge >= 0.3 is 0 Å². The Kier molecular flexibility index (Phi) is 9.39. The van der Waals surface area contributed by atoms with Crippen LogP contribution in [0.25, 0.3) is 27.4 Å². The Balaban J connectivity index is 0.000000217. The highest BCUT2D eigenvalue weighted by Crippen LogP contribution is 2.30. The minimum absolute atomic E-state index is 0.0520. The van der Waals surface area contributed by atoms with Crippen molar-refractivity contribution in [2.75, 3.05) is 0 Å². The molecule has 0 amide bonds. The summed E-state index contributed by atoms with van der Waals surface area (Å²) in [7, 11) is 2.06. The molecule has 1 aromatic carbocycles. The second kappa shape index (κ2) is 12.7. The van der Waals surface area contributed by atoms with E-state index in [4.69, 9.17) is 4.74 Å². The summed E-state index contributed by atoms with van der Waals surface area (Å²) >= 11 is 0. The van der Waals surface area contributed by atoms with Gasteiger partial charge in [0.25, 0.3) is 0 Å². The van der Waals surface area contributed by atoms with Crippen molar-refractivity contribution >= 4 is 27.4 Å². The highest BCUT2D eigenvalue weighted by Gasteiger charge is 2.19. The van der Waals surface area contributed by atoms with Gasteiger partial charge in [0.05, 0.1) is 11.2 Å². The molecule has 188 valence electrons. The second-order valence-corrected chi connectivity index (χ2v) is 8.44. The molecule has 36 heavy (non-hydrogen) atoms. The summed E-state index contributed by atoms with van der Waals surface area (Å²) < 4.78 is 7.71. The van der Waals surface area contributed by atoms with Gasteiger partial charge in [-0.05, 0) is 68.5 Å². The first-order valence-electron chi connectivity index (χ1n) is 12.5. The number of nitrogens with zero attached hydrogens (tertiary/aromatic N) is 4. The molecule has 5 rings (SSSR count). The number of aliphatic hydroxyl groups excluding tert-OH is 1. The number of allylic oxidation sites excluding steroid dienone is 4. The number of hydrogen-bond acceptors (Lipinski definition) is 5. The number of hydrogen-bond donors (Lipinski definition) is 1. The monoisotopic (exact) mass is 484 g/mol. The first-order chi connectivity index (χ1) is 17.5. The normalized spacial score (nSPS) is 13.5. The van der Waals surface area contributed by atoms with E-state index >= 15 is 0 Å². The smallest absolute Gasteiger partial charge is 0.233 e. The van der Waals surface area contributed by atoms with Crippen molar-refractivity contribution in [2.24, 2.45) is 7.05 Å². The van der Waals surface area contributed by atoms with Crippen LogP contribution in [0.4, 0.5) is 0 Å². The van der Waals surface area contributed by atoms with Crippen molar-refractivity contribution < 1.29 is 9.84 Å². The number of benzene rings is 1. The van der Waals surface area contributed by atoms with Crippen LogP contribution >= 0.6 is 0 Å². The van der Waals surface area contributed by atoms with Crippen LogP contribution in [0.1, 0.15) is 51.3 Å². The summed E-state index contributed by atoms with van der Waals surface area (Å²) in [5, 5.41) is 19.4. The molecule has 3 heterocycles. The fourth-order valence-corrected chi connectivity index (χ4v) is 3.89. The van der Waals surface area contributed by atoms with Crippen molar-refractivity contribution in [3.05, 3.63) is 90.6 Å². The Morgan fingerprint density at radius 1 is 1.06 bits per heavy atom. The topological polar surface area (TPSA) is 73.1 Å². The molecule has 0 atom stereocenters. The predicted molar refractivity (Wildman–Crippen MR) is 149 cm³/mol. The van der Waals surface area contributed by atoms with Crippen LogP contribution in [0.3, 0.4) is 0 Å². The Morgan fingerprint density at radius 3 is 2.44 bits per heavy atom. The van der Waals surface area contributed by atoms with Gasteiger partial charge in [0, 0.05) is 41.8 Å². The van der Waals surface area contributed by atoms with E-state index in [1.54, 1.807) is 6.08 Å². The van der Waals surface area contributed by atoms with Gasteiger partial charge in [0.2, 0.25) is 5.88 Å². The van der Waals surface area contributed by atoms with Crippen LogP contribution in [0.5, 0.6) is 5.88 Å². The van der Waals surface area contributed by atoms with Gasteiger partial charge in [-0.1, -0.05) is 44.7 Å². The minimum Gasteiger partial charge on any atom is -0.509 e. The fraction of sp³-hybridized carbons (Fsp3) is 0.300. The maximum atomic E-state index is 9.24. The lowest BCUT2D eigenvalue weighted by atomic mass is 9.96. The van der Waals surface area contributed by atoms with E-state index in [0.717, 1.165) is 40.6 Å². The third-order valence-corrected chi connectivity index (χ3v) is 6.02. The first-order valence-corrected chi connectivity index (χ1v) is 12.5. The predicted octanol–water partition coefficient (Wildman–Crippen LogP) is 7.50. The Hall–Kier alpha value is -3.93. The highest BCUT2D eigenvalue weighted by molar-refractivity contribution is 6.08. The molecule has 3 aromatic heterocycles. The van der Waals surface area contributed by atoms with E-state index in [2.05, 4.69) is 51.6 Å². The van der Waals surface area contributed by atoms with Crippen LogP contribution in [0.15, 0.2) is 79.4 Å². The van der Waals surface area contributed by atoms with E-state index in [-0.39, 0.29) is 5.76 Å². The zero-order valence-electron chi connectivity index (χ0n) is 21.9. The molecule has 1 aliphatic rings. The highest BCUT2D eigenvalue weighted by atomic mass is 16.5. The largest absolute Gasteiger partial charge is 0.509 e. The number of pyridine rings is 1. The molecule has 1 fully saturated rings. The number of aliphatic hydroxyl groups is 1. The number of aryl methyl sites for hydroxylation is 2. The van der Waals surface area contributed by atoms with E-state index in [1.165, 1.54) is 17.3 Å². The Morgan fingerprint density at radius 2 is 1.83 bits per heavy atom. The van der Waals surface area contributed by atoms with Crippen molar-refractivity contribution in [1.29, 1.82) is 0 Å². The third kappa shape index (κ3) is 6.39. The molecule has 1 saturated carbocycles.